The van der Waals surface area contributed by atoms with Crippen molar-refractivity contribution in [3.8, 4) is 0 Å². The van der Waals surface area contributed by atoms with Gasteiger partial charge >= 0.3 is 0 Å². The summed E-state index contributed by atoms with van der Waals surface area (Å²) in [6.45, 7) is 14.4. The smallest absolute Gasteiger partial charge is 0.0484 e. The zero-order valence-electron chi connectivity index (χ0n) is 23.4. The lowest BCUT2D eigenvalue weighted by Crippen LogP contribution is -2.43. The van der Waals surface area contributed by atoms with Gasteiger partial charge in [-0.25, -0.2) is 0 Å². The molecule has 3 aliphatic rings. The minimum Gasteiger partial charge on any atom is -0.0888 e. The Morgan fingerprint density at radius 1 is 0.800 bits per heavy atom. The standard InChI is InChI=1S/C33H50ClP/c1-23(2)26-19-20-30(31(34)22-26)32-29(24(3)4)18-13-21-33(32,25(5)6)35(27-14-9-7-10-15-27)28-16-11-8-12-17-28/h13,18-20,22-25,27-28H,7-12,14-17,21H2,1-6H3. The number of halogens is 1. The van der Waals surface area contributed by atoms with E-state index in [4.69, 9.17) is 11.6 Å². The molecule has 35 heavy (non-hydrogen) atoms. The maximum absolute atomic E-state index is 7.23. The van der Waals surface area contributed by atoms with Crippen LogP contribution in [0.5, 0.6) is 0 Å². The highest BCUT2D eigenvalue weighted by Crippen LogP contribution is 2.72. The third kappa shape index (κ3) is 5.50. The van der Waals surface area contributed by atoms with E-state index in [1.54, 1.807) is 11.1 Å². The maximum Gasteiger partial charge on any atom is 0.0484 e. The van der Waals surface area contributed by atoms with E-state index in [0.717, 1.165) is 16.3 Å². The molecule has 0 nitrogen and oxygen atoms in total. The van der Waals surface area contributed by atoms with Crippen LogP contribution in [0.15, 0.2) is 35.9 Å². The van der Waals surface area contributed by atoms with Gasteiger partial charge in [0.25, 0.3) is 0 Å². The topological polar surface area (TPSA) is 0 Å². The van der Waals surface area contributed by atoms with Crippen molar-refractivity contribution in [1.29, 1.82) is 0 Å². The van der Waals surface area contributed by atoms with Gasteiger partial charge in [-0.3, -0.25) is 0 Å². The molecule has 0 bridgehead atoms. The molecular formula is C33H50ClP. The van der Waals surface area contributed by atoms with E-state index in [1.807, 2.05) is 0 Å². The Morgan fingerprint density at radius 3 is 1.83 bits per heavy atom. The van der Waals surface area contributed by atoms with E-state index < -0.39 is 0 Å². The Labute approximate surface area is 223 Å². The van der Waals surface area contributed by atoms with E-state index in [9.17, 15) is 0 Å². The summed E-state index contributed by atoms with van der Waals surface area (Å²) in [4.78, 5) is 0. The molecule has 0 amide bonds. The van der Waals surface area contributed by atoms with Gasteiger partial charge in [0.05, 0.1) is 0 Å². The Hall–Kier alpha value is -0.580. The van der Waals surface area contributed by atoms with Crippen LogP contribution in [0.1, 0.15) is 129 Å². The van der Waals surface area contributed by atoms with Crippen molar-refractivity contribution in [3.63, 3.8) is 0 Å². The van der Waals surface area contributed by atoms with E-state index in [-0.39, 0.29) is 13.1 Å². The van der Waals surface area contributed by atoms with Crippen LogP contribution in [0, 0.1) is 11.8 Å². The molecule has 3 aliphatic carbocycles. The van der Waals surface area contributed by atoms with Crippen molar-refractivity contribution < 1.29 is 0 Å². The molecule has 194 valence electrons. The average Bonchev–Trinajstić information content (AvgIpc) is 2.85. The summed E-state index contributed by atoms with van der Waals surface area (Å²) in [6, 6.07) is 7.05. The van der Waals surface area contributed by atoms with Crippen molar-refractivity contribution in [2.24, 2.45) is 11.8 Å². The zero-order valence-corrected chi connectivity index (χ0v) is 25.0. The molecule has 2 heteroatoms. The summed E-state index contributed by atoms with van der Waals surface area (Å²) < 4.78 is 0. The number of rotatable bonds is 7. The van der Waals surface area contributed by atoms with Gasteiger partial charge in [-0.1, -0.05) is 124 Å². The van der Waals surface area contributed by atoms with Crippen LogP contribution in [0.25, 0.3) is 5.57 Å². The first kappa shape index (κ1) is 27.5. The molecule has 1 aromatic carbocycles. The first-order valence-electron chi connectivity index (χ1n) is 14.8. The molecule has 2 saturated carbocycles. The highest BCUT2D eigenvalue weighted by atomic mass is 35.5. The maximum atomic E-state index is 7.23. The summed E-state index contributed by atoms with van der Waals surface area (Å²) in [5, 5.41) is 1.21. The van der Waals surface area contributed by atoms with Gasteiger partial charge in [-0.15, -0.1) is 0 Å². The lowest BCUT2D eigenvalue weighted by molar-refractivity contribution is 0.449. The van der Waals surface area contributed by atoms with Gasteiger partial charge in [0.15, 0.2) is 0 Å². The van der Waals surface area contributed by atoms with E-state index in [2.05, 4.69) is 71.9 Å². The molecule has 0 aliphatic heterocycles. The van der Waals surface area contributed by atoms with Gasteiger partial charge in [0.2, 0.25) is 0 Å². The molecule has 1 unspecified atom stereocenters. The monoisotopic (exact) mass is 512 g/mol. The van der Waals surface area contributed by atoms with Crippen LogP contribution in [0.4, 0.5) is 0 Å². The predicted molar refractivity (Wildman–Crippen MR) is 159 cm³/mol. The molecule has 0 spiro atoms. The third-order valence-corrected chi connectivity index (χ3v) is 14.1. The van der Waals surface area contributed by atoms with Crippen LogP contribution >= 0.6 is 19.5 Å². The van der Waals surface area contributed by atoms with E-state index >= 15 is 0 Å². The van der Waals surface area contributed by atoms with Gasteiger partial charge in [-0.2, -0.15) is 0 Å². The van der Waals surface area contributed by atoms with Gasteiger partial charge in [0, 0.05) is 10.2 Å². The highest BCUT2D eigenvalue weighted by molar-refractivity contribution is 7.61. The van der Waals surface area contributed by atoms with Crippen LogP contribution < -0.4 is 0 Å². The van der Waals surface area contributed by atoms with Crippen molar-refractivity contribution in [2.45, 2.75) is 135 Å². The van der Waals surface area contributed by atoms with Crippen LogP contribution in [0.2, 0.25) is 5.02 Å². The number of hydrogen-bond donors (Lipinski definition) is 0. The normalized spacial score (nSPS) is 25.0. The fourth-order valence-electron chi connectivity index (χ4n) is 7.49. The van der Waals surface area contributed by atoms with Gasteiger partial charge in [0.1, 0.15) is 0 Å². The fraction of sp³-hybridized carbons (Fsp3) is 0.697. The Bertz CT molecular complexity index is 893. The van der Waals surface area contributed by atoms with Gasteiger partial charge < -0.3 is 0 Å². The van der Waals surface area contributed by atoms with Crippen LogP contribution in [0.3, 0.4) is 0 Å². The van der Waals surface area contributed by atoms with Crippen molar-refractivity contribution in [3.05, 3.63) is 52.1 Å². The van der Waals surface area contributed by atoms with E-state index in [1.165, 1.54) is 81.8 Å². The molecule has 0 radical (unpaired) electrons. The first-order chi connectivity index (χ1) is 16.8. The Kier molecular flexibility index (Phi) is 9.30. The lowest BCUT2D eigenvalue weighted by Gasteiger charge is -2.55. The summed E-state index contributed by atoms with van der Waals surface area (Å²) in [6.07, 6.45) is 20.8. The molecule has 0 heterocycles. The predicted octanol–water partition coefficient (Wildman–Crippen LogP) is 11.4. The van der Waals surface area contributed by atoms with Crippen LogP contribution in [-0.4, -0.2) is 16.5 Å². The minimum absolute atomic E-state index is 0.153. The molecule has 1 atom stereocenters. The van der Waals surface area contributed by atoms with E-state index in [0.29, 0.717) is 17.8 Å². The van der Waals surface area contributed by atoms with Crippen molar-refractivity contribution in [1.82, 2.24) is 0 Å². The quantitative estimate of drug-likeness (QED) is 0.318. The van der Waals surface area contributed by atoms with Crippen LogP contribution in [-0.2, 0) is 0 Å². The highest BCUT2D eigenvalue weighted by Gasteiger charge is 2.52. The molecule has 4 rings (SSSR count). The number of hydrogen-bond acceptors (Lipinski definition) is 0. The van der Waals surface area contributed by atoms with Gasteiger partial charge in [-0.05, 0) is 89.5 Å². The third-order valence-electron chi connectivity index (χ3n) is 9.35. The fourth-order valence-corrected chi connectivity index (χ4v) is 12.9. The summed E-state index contributed by atoms with van der Waals surface area (Å²) in [7, 11) is -0.153. The number of allylic oxidation sites excluding steroid dienone is 4. The molecule has 2 fully saturated rings. The zero-order chi connectivity index (χ0) is 25.2. The second-order valence-electron chi connectivity index (χ2n) is 12.6. The average molecular weight is 513 g/mol. The molecule has 1 aromatic rings. The molecule has 0 saturated heterocycles. The lowest BCUT2D eigenvalue weighted by atomic mass is 9.73. The first-order valence-corrected chi connectivity index (χ1v) is 16.6. The number of benzene rings is 1. The molecule has 0 aromatic heterocycles. The Balaban J connectivity index is 1.95. The summed E-state index contributed by atoms with van der Waals surface area (Å²) in [5.41, 5.74) is 7.75. The Morgan fingerprint density at radius 2 is 1.37 bits per heavy atom. The van der Waals surface area contributed by atoms with Crippen molar-refractivity contribution in [2.75, 3.05) is 0 Å². The summed E-state index contributed by atoms with van der Waals surface area (Å²) >= 11 is 7.23. The second-order valence-corrected chi connectivity index (χ2v) is 16.0. The summed E-state index contributed by atoms with van der Waals surface area (Å²) in [5.74, 6) is 1.63. The largest absolute Gasteiger partial charge is 0.0888 e. The molecule has 0 N–H and O–H groups in total. The SMILES string of the molecule is CC(C)C1=C(c2ccc(C(C)C)cc2Cl)C(C(C)C)(P(C2CCCCC2)C2CCCCC2)CC=C1. The molecular weight excluding hydrogens is 463 g/mol. The minimum atomic E-state index is -0.153. The van der Waals surface area contributed by atoms with Crippen molar-refractivity contribution >= 4 is 25.1 Å². The second kappa shape index (κ2) is 11.9.